The Hall–Kier alpha value is -3.43. The topological polar surface area (TPSA) is 121 Å². The van der Waals surface area contributed by atoms with Crippen molar-refractivity contribution < 1.29 is 34.3 Å². The van der Waals surface area contributed by atoms with E-state index in [1.807, 2.05) is 13.0 Å². The number of fused-ring (bicyclic) bond motifs is 2. The molecule has 9 nitrogen and oxygen atoms in total. The molecule has 2 aliphatic carbocycles. The minimum absolute atomic E-state index is 0.0310. The summed E-state index contributed by atoms with van der Waals surface area (Å²) in [6.07, 6.45) is 2.58. The molecule has 2 aromatic carbocycles. The number of aliphatic hydroxyl groups excluding tert-OH is 1. The SMILES string of the molecule is C/C(C(=O)Nc1ccc2c(c1)OCCO2)=C(/O)[C@@H]1Oc2c(O)ccc3c2[C@@]12CCN(CC1CC1)[C@H](C3)[C@@]2(C)O. The lowest BCUT2D eigenvalue weighted by molar-refractivity contribution is -0.153. The van der Waals surface area contributed by atoms with Gasteiger partial charge in [0.2, 0.25) is 0 Å². The number of rotatable bonds is 5. The molecule has 2 aromatic rings. The van der Waals surface area contributed by atoms with E-state index in [-0.39, 0.29) is 23.1 Å². The average molecular weight is 535 g/mol. The molecule has 7 rings (SSSR count). The van der Waals surface area contributed by atoms with Crippen molar-refractivity contribution in [1.29, 1.82) is 0 Å². The van der Waals surface area contributed by atoms with Gasteiger partial charge in [-0.05, 0) is 75.8 Å². The predicted molar refractivity (Wildman–Crippen MR) is 143 cm³/mol. The van der Waals surface area contributed by atoms with Crippen LogP contribution in [0.1, 0.15) is 44.2 Å². The summed E-state index contributed by atoms with van der Waals surface area (Å²) in [5, 5.41) is 37.5. The Labute approximate surface area is 227 Å². The van der Waals surface area contributed by atoms with Crippen LogP contribution < -0.4 is 19.5 Å². The third-order valence-corrected chi connectivity index (χ3v) is 9.51. The van der Waals surface area contributed by atoms with E-state index in [0.29, 0.717) is 54.9 Å². The standard InChI is InChI=1S/C30H34N2O7/c1-16(28(35)31-19-6-8-21-22(14-19)38-12-11-37-21)25(34)27-30-9-10-32(15-17-3-4-17)23(29(30,2)36)13-18-5-7-20(33)26(39-27)24(18)30/h5-8,14,17,23,27,33-34,36H,3-4,9-13,15H2,1-2H3,(H,31,35)/b25-16-/t23-,27+,29-,30+/m1/s1. The highest BCUT2D eigenvalue weighted by Gasteiger charge is 2.69. The third-order valence-electron chi connectivity index (χ3n) is 9.51. The number of nitrogens with zero attached hydrogens (tertiary/aromatic N) is 1. The monoisotopic (exact) mass is 534 g/mol. The lowest BCUT2D eigenvalue weighted by Crippen LogP contribution is -2.73. The highest BCUT2D eigenvalue weighted by molar-refractivity contribution is 6.04. The van der Waals surface area contributed by atoms with Crippen LogP contribution >= 0.6 is 0 Å². The van der Waals surface area contributed by atoms with Crippen molar-refractivity contribution in [1.82, 2.24) is 4.90 Å². The number of phenolic OH excluding ortho intramolecular Hbond substituents is 1. The van der Waals surface area contributed by atoms with Gasteiger partial charge in [0.1, 0.15) is 19.0 Å². The second-order valence-electron chi connectivity index (χ2n) is 11.8. The van der Waals surface area contributed by atoms with Crippen molar-refractivity contribution in [3.63, 3.8) is 0 Å². The van der Waals surface area contributed by atoms with Gasteiger partial charge in [-0.25, -0.2) is 0 Å². The molecule has 1 spiro atoms. The van der Waals surface area contributed by atoms with Crippen molar-refractivity contribution >= 4 is 11.6 Å². The molecule has 1 saturated carbocycles. The van der Waals surface area contributed by atoms with E-state index >= 15 is 0 Å². The van der Waals surface area contributed by atoms with Crippen molar-refractivity contribution in [3.8, 4) is 23.0 Å². The summed E-state index contributed by atoms with van der Waals surface area (Å²) in [4.78, 5) is 15.7. The number of aliphatic hydroxyl groups is 2. The lowest BCUT2D eigenvalue weighted by atomic mass is 9.53. The smallest absolute Gasteiger partial charge is 0.254 e. The van der Waals surface area contributed by atoms with E-state index in [1.54, 1.807) is 31.2 Å². The second-order valence-corrected chi connectivity index (χ2v) is 11.8. The first-order valence-electron chi connectivity index (χ1n) is 13.8. The summed E-state index contributed by atoms with van der Waals surface area (Å²) in [5.41, 5.74) is 0.0685. The van der Waals surface area contributed by atoms with Gasteiger partial charge in [0.15, 0.2) is 29.1 Å². The Balaban J connectivity index is 1.25. The van der Waals surface area contributed by atoms with Gasteiger partial charge in [0.05, 0.1) is 16.6 Å². The number of amides is 1. The van der Waals surface area contributed by atoms with Gasteiger partial charge in [0.25, 0.3) is 5.91 Å². The molecule has 3 heterocycles. The minimum Gasteiger partial charge on any atom is -0.508 e. The maximum Gasteiger partial charge on any atom is 0.254 e. The first kappa shape index (κ1) is 24.6. The molecule has 1 saturated heterocycles. The summed E-state index contributed by atoms with van der Waals surface area (Å²) < 4.78 is 17.5. The molecule has 0 aromatic heterocycles. The number of likely N-dealkylation sites (tertiary alicyclic amines) is 1. The van der Waals surface area contributed by atoms with E-state index in [9.17, 15) is 20.1 Å². The number of anilines is 1. The number of ether oxygens (including phenoxy) is 3. The zero-order chi connectivity index (χ0) is 27.1. The Morgan fingerprint density at radius 1 is 1.15 bits per heavy atom. The van der Waals surface area contributed by atoms with Crippen LogP contribution in [-0.2, 0) is 16.6 Å². The molecule has 206 valence electrons. The van der Waals surface area contributed by atoms with Gasteiger partial charge < -0.3 is 34.8 Å². The Kier molecular flexibility index (Phi) is 5.38. The maximum atomic E-state index is 13.3. The predicted octanol–water partition coefficient (Wildman–Crippen LogP) is 3.42. The van der Waals surface area contributed by atoms with Gasteiger partial charge >= 0.3 is 0 Å². The highest BCUT2D eigenvalue weighted by atomic mass is 16.6. The van der Waals surface area contributed by atoms with Crippen LogP contribution in [0.4, 0.5) is 5.69 Å². The zero-order valence-corrected chi connectivity index (χ0v) is 22.2. The molecule has 4 N–H and O–H groups in total. The Morgan fingerprint density at radius 2 is 1.92 bits per heavy atom. The third kappa shape index (κ3) is 3.55. The molecular formula is C30H34N2O7. The molecule has 4 atom stereocenters. The first-order chi connectivity index (χ1) is 18.7. The number of benzene rings is 2. The fraction of sp³-hybridized carbons (Fsp3) is 0.500. The van der Waals surface area contributed by atoms with E-state index in [4.69, 9.17) is 14.2 Å². The Bertz CT molecular complexity index is 1400. The molecule has 2 bridgehead atoms. The molecule has 39 heavy (non-hydrogen) atoms. The van der Waals surface area contributed by atoms with Crippen LogP contribution in [0.3, 0.4) is 0 Å². The highest BCUT2D eigenvalue weighted by Crippen LogP contribution is 2.63. The molecule has 9 heteroatoms. The molecule has 0 unspecified atom stereocenters. The van der Waals surface area contributed by atoms with Crippen molar-refractivity contribution in [2.45, 2.75) is 62.7 Å². The number of nitrogens with one attached hydrogen (secondary N) is 1. The van der Waals surface area contributed by atoms with Crippen molar-refractivity contribution in [3.05, 3.63) is 52.8 Å². The lowest BCUT2D eigenvalue weighted by Gasteiger charge is -2.59. The van der Waals surface area contributed by atoms with Crippen molar-refractivity contribution in [2.24, 2.45) is 5.92 Å². The fourth-order valence-electron chi connectivity index (χ4n) is 7.23. The number of carbonyl (C=O) groups excluding carboxylic acids is 1. The quantitative estimate of drug-likeness (QED) is 0.340. The number of piperidine rings is 1. The van der Waals surface area contributed by atoms with Crippen LogP contribution in [0, 0.1) is 5.92 Å². The maximum absolute atomic E-state index is 13.3. The number of hydrogen-bond donors (Lipinski definition) is 4. The fourth-order valence-corrected chi connectivity index (χ4v) is 7.23. The average Bonchev–Trinajstić information content (AvgIpc) is 3.66. The summed E-state index contributed by atoms with van der Waals surface area (Å²) in [7, 11) is 0. The molecule has 3 aliphatic heterocycles. The van der Waals surface area contributed by atoms with E-state index < -0.39 is 23.0 Å². The van der Waals surface area contributed by atoms with Crippen LogP contribution in [0.2, 0.25) is 0 Å². The van der Waals surface area contributed by atoms with Crippen LogP contribution in [0.15, 0.2) is 41.7 Å². The first-order valence-corrected chi connectivity index (χ1v) is 13.8. The molecule has 2 fully saturated rings. The van der Waals surface area contributed by atoms with Gasteiger partial charge in [-0.15, -0.1) is 0 Å². The van der Waals surface area contributed by atoms with Gasteiger partial charge in [-0.1, -0.05) is 6.07 Å². The van der Waals surface area contributed by atoms with E-state index in [0.717, 1.165) is 24.2 Å². The normalized spacial score (nSPS) is 31.2. The summed E-state index contributed by atoms with van der Waals surface area (Å²) in [6.45, 7) is 5.96. The van der Waals surface area contributed by atoms with Crippen molar-refractivity contribution in [2.75, 3.05) is 31.6 Å². The number of hydrogen-bond acceptors (Lipinski definition) is 8. The molecule has 1 amide bonds. The Morgan fingerprint density at radius 3 is 2.69 bits per heavy atom. The number of phenols is 1. The van der Waals surface area contributed by atoms with Gasteiger partial charge in [-0.3, -0.25) is 9.69 Å². The minimum atomic E-state index is -1.27. The van der Waals surface area contributed by atoms with Crippen LogP contribution in [0.5, 0.6) is 23.0 Å². The summed E-state index contributed by atoms with van der Waals surface area (Å²) in [6, 6.07) is 8.49. The zero-order valence-electron chi connectivity index (χ0n) is 22.2. The van der Waals surface area contributed by atoms with Crippen LogP contribution in [-0.4, -0.2) is 70.2 Å². The van der Waals surface area contributed by atoms with Gasteiger partial charge in [0, 0.05) is 29.9 Å². The van der Waals surface area contributed by atoms with E-state index in [2.05, 4.69) is 10.2 Å². The molecular weight excluding hydrogens is 500 g/mol. The number of carbonyl (C=O) groups is 1. The molecule has 0 radical (unpaired) electrons. The summed E-state index contributed by atoms with van der Waals surface area (Å²) in [5.74, 6) is 1.34. The van der Waals surface area contributed by atoms with Gasteiger partial charge in [-0.2, -0.15) is 0 Å². The largest absolute Gasteiger partial charge is 0.508 e. The van der Waals surface area contributed by atoms with E-state index in [1.165, 1.54) is 12.8 Å². The summed E-state index contributed by atoms with van der Waals surface area (Å²) >= 11 is 0. The van der Waals surface area contributed by atoms with Crippen LogP contribution in [0.25, 0.3) is 0 Å². The second kappa shape index (κ2) is 8.53. The number of aromatic hydroxyl groups is 1. The molecule has 5 aliphatic rings.